The van der Waals surface area contributed by atoms with Gasteiger partial charge in [0.15, 0.2) is 0 Å². The van der Waals surface area contributed by atoms with Crippen LogP contribution in [-0.2, 0) is 6.42 Å². The van der Waals surface area contributed by atoms with Crippen LogP contribution in [0.15, 0.2) is 24.3 Å². The first kappa shape index (κ1) is 18.2. The van der Waals surface area contributed by atoms with Crippen LogP contribution < -0.4 is 5.32 Å². The summed E-state index contributed by atoms with van der Waals surface area (Å²) in [6.45, 7) is 6.58. The van der Waals surface area contributed by atoms with Crippen LogP contribution in [-0.4, -0.2) is 13.1 Å². The van der Waals surface area contributed by atoms with E-state index in [4.69, 9.17) is 0 Å². The highest BCUT2D eigenvalue weighted by Gasteiger charge is 2.10. The Morgan fingerprint density at radius 2 is 1.86 bits per heavy atom. The quantitative estimate of drug-likeness (QED) is 0.513. The second-order valence-electron chi connectivity index (χ2n) is 6.11. The van der Waals surface area contributed by atoms with Gasteiger partial charge in [-0.05, 0) is 56.0 Å². The maximum Gasteiger partial charge on any atom is 0.123 e. The van der Waals surface area contributed by atoms with Crippen molar-refractivity contribution in [3.63, 3.8) is 0 Å². The monoisotopic (exact) mass is 293 g/mol. The Hall–Kier alpha value is -0.890. The Kier molecular flexibility index (Phi) is 10.1. The molecule has 2 heteroatoms. The van der Waals surface area contributed by atoms with Gasteiger partial charge in [-0.3, -0.25) is 0 Å². The van der Waals surface area contributed by atoms with E-state index in [-0.39, 0.29) is 5.82 Å². The highest BCUT2D eigenvalue weighted by atomic mass is 19.1. The third kappa shape index (κ3) is 8.87. The highest BCUT2D eigenvalue weighted by molar-refractivity contribution is 5.16. The Morgan fingerprint density at radius 3 is 2.57 bits per heavy atom. The molecular weight excluding hydrogens is 261 g/mol. The minimum absolute atomic E-state index is 0.115. The van der Waals surface area contributed by atoms with Crippen LogP contribution in [0.3, 0.4) is 0 Å². The maximum absolute atomic E-state index is 13.3. The number of unbranched alkanes of at least 4 members (excludes halogenated alkanes) is 4. The van der Waals surface area contributed by atoms with E-state index in [9.17, 15) is 4.39 Å². The fraction of sp³-hybridized carbons (Fsp3) is 0.684. The van der Waals surface area contributed by atoms with Crippen molar-refractivity contribution >= 4 is 0 Å². The molecule has 21 heavy (non-hydrogen) atoms. The summed E-state index contributed by atoms with van der Waals surface area (Å²) in [7, 11) is 0. The van der Waals surface area contributed by atoms with Gasteiger partial charge in [0.25, 0.3) is 0 Å². The molecule has 120 valence electrons. The van der Waals surface area contributed by atoms with Crippen LogP contribution in [0, 0.1) is 11.7 Å². The first-order chi connectivity index (χ1) is 10.3. The molecule has 1 rings (SSSR count). The first-order valence-corrected chi connectivity index (χ1v) is 8.71. The van der Waals surface area contributed by atoms with Gasteiger partial charge in [0.1, 0.15) is 5.82 Å². The zero-order chi connectivity index (χ0) is 15.3. The predicted molar refractivity (Wildman–Crippen MR) is 90.1 cm³/mol. The minimum Gasteiger partial charge on any atom is -0.316 e. The molecule has 0 heterocycles. The number of hydrogen-bond donors (Lipinski definition) is 1. The molecule has 0 aromatic heterocycles. The Balaban J connectivity index is 2.39. The smallest absolute Gasteiger partial charge is 0.123 e. The second-order valence-corrected chi connectivity index (χ2v) is 6.11. The van der Waals surface area contributed by atoms with Gasteiger partial charge in [-0.15, -0.1) is 0 Å². The molecule has 0 bridgehead atoms. The molecule has 0 spiro atoms. The van der Waals surface area contributed by atoms with E-state index in [1.165, 1.54) is 51.0 Å². The lowest BCUT2D eigenvalue weighted by Crippen LogP contribution is -2.25. The Bertz CT molecular complexity index is 364. The molecule has 0 saturated carbocycles. The molecule has 0 radical (unpaired) electrons. The average Bonchev–Trinajstić information content (AvgIpc) is 2.47. The average molecular weight is 293 g/mol. The molecule has 1 unspecified atom stereocenters. The SMILES string of the molecule is CCCCCCCC(CNCCC)Cc1cccc(F)c1. The summed E-state index contributed by atoms with van der Waals surface area (Å²) in [5.74, 6) is 0.510. The Labute approximate surface area is 130 Å². The molecule has 0 fully saturated rings. The molecule has 0 amide bonds. The lowest BCUT2D eigenvalue weighted by atomic mass is 9.93. The summed E-state index contributed by atoms with van der Waals surface area (Å²) in [5, 5.41) is 3.53. The van der Waals surface area contributed by atoms with Gasteiger partial charge < -0.3 is 5.32 Å². The van der Waals surface area contributed by atoms with Gasteiger partial charge in [0.05, 0.1) is 0 Å². The van der Waals surface area contributed by atoms with Crippen molar-refractivity contribution < 1.29 is 4.39 Å². The molecule has 0 aliphatic heterocycles. The van der Waals surface area contributed by atoms with E-state index in [1.807, 2.05) is 12.1 Å². The summed E-state index contributed by atoms with van der Waals surface area (Å²) in [4.78, 5) is 0. The van der Waals surface area contributed by atoms with E-state index in [0.717, 1.165) is 25.1 Å². The normalized spacial score (nSPS) is 12.5. The van der Waals surface area contributed by atoms with Crippen LogP contribution in [0.4, 0.5) is 4.39 Å². The predicted octanol–water partition coefficient (Wildman–Crippen LogP) is 5.34. The third-order valence-corrected chi connectivity index (χ3v) is 3.99. The third-order valence-electron chi connectivity index (χ3n) is 3.99. The van der Waals surface area contributed by atoms with E-state index >= 15 is 0 Å². The van der Waals surface area contributed by atoms with Gasteiger partial charge in [0, 0.05) is 0 Å². The molecule has 1 nitrogen and oxygen atoms in total. The number of rotatable bonds is 12. The van der Waals surface area contributed by atoms with Crippen molar-refractivity contribution in [2.24, 2.45) is 5.92 Å². The second kappa shape index (κ2) is 11.7. The van der Waals surface area contributed by atoms with E-state index in [0.29, 0.717) is 5.92 Å². The topological polar surface area (TPSA) is 12.0 Å². The van der Waals surface area contributed by atoms with Crippen molar-refractivity contribution in [2.75, 3.05) is 13.1 Å². The molecule has 0 aliphatic rings. The maximum atomic E-state index is 13.3. The van der Waals surface area contributed by atoms with Gasteiger partial charge >= 0.3 is 0 Å². The number of nitrogens with one attached hydrogen (secondary N) is 1. The van der Waals surface area contributed by atoms with Crippen LogP contribution in [0.25, 0.3) is 0 Å². The van der Waals surface area contributed by atoms with Crippen molar-refractivity contribution in [1.82, 2.24) is 5.32 Å². The van der Waals surface area contributed by atoms with Crippen molar-refractivity contribution in [2.45, 2.75) is 65.2 Å². The zero-order valence-corrected chi connectivity index (χ0v) is 13.8. The van der Waals surface area contributed by atoms with Gasteiger partial charge in [-0.2, -0.15) is 0 Å². The fourth-order valence-corrected chi connectivity index (χ4v) is 2.79. The van der Waals surface area contributed by atoms with Gasteiger partial charge in [-0.1, -0.05) is 58.1 Å². The molecule has 1 atom stereocenters. The number of hydrogen-bond acceptors (Lipinski definition) is 1. The standard InChI is InChI=1S/C19H32FN/c1-3-5-6-7-8-10-18(16-21-13-4-2)14-17-11-9-12-19(20)15-17/h9,11-12,15,18,21H,3-8,10,13-14,16H2,1-2H3. The van der Waals surface area contributed by atoms with Crippen molar-refractivity contribution in [3.05, 3.63) is 35.6 Å². The summed E-state index contributed by atoms with van der Waals surface area (Å²) in [6.07, 6.45) is 10.0. The van der Waals surface area contributed by atoms with Crippen LogP contribution in [0.1, 0.15) is 64.4 Å². The van der Waals surface area contributed by atoms with Crippen LogP contribution >= 0.6 is 0 Å². The van der Waals surface area contributed by atoms with Crippen LogP contribution in [0.5, 0.6) is 0 Å². The lowest BCUT2D eigenvalue weighted by Gasteiger charge is -2.18. The Morgan fingerprint density at radius 1 is 1.05 bits per heavy atom. The summed E-state index contributed by atoms with van der Waals surface area (Å²) < 4.78 is 13.3. The van der Waals surface area contributed by atoms with E-state index in [2.05, 4.69) is 19.2 Å². The molecule has 0 saturated heterocycles. The van der Waals surface area contributed by atoms with Crippen molar-refractivity contribution in [3.8, 4) is 0 Å². The number of benzene rings is 1. The van der Waals surface area contributed by atoms with Gasteiger partial charge in [-0.25, -0.2) is 4.39 Å². The summed E-state index contributed by atoms with van der Waals surface area (Å²) in [6, 6.07) is 7.08. The highest BCUT2D eigenvalue weighted by Crippen LogP contribution is 2.17. The molecule has 0 aliphatic carbocycles. The molecule has 1 aromatic carbocycles. The molecule has 1 aromatic rings. The summed E-state index contributed by atoms with van der Waals surface area (Å²) >= 11 is 0. The fourth-order valence-electron chi connectivity index (χ4n) is 2.79. The van der Waals surface area contributed by atoms with E-state index in [1.54, 1.807) is 6.07 Å². The van der Waals surface area contributed by atoms with Crippen molar-refractivity contribution in [1.29, 1.82) is 0 Å². The van der Waals surface area contributed by atoms with Crippen LogP contribution in [0.2, 0.25) is 0 Å². The largest absolute Gasteiger partial charge is 0.316 e. The summed E-state index contributed by atoms with van der Waals surface area (Å²) in [5.41, 5.74) is 1.13. The zero-order valence-electron chi connectivity index (χ0n) is 13.8. The molecule has 1 N–H and O–H groups in total. The molecular formula is C19H32FN. The van der Waals surface area contributed by atoms with Gasteiger partial charge in [0.2, 0.25) is 0 Å². The van der Waals surface area contributed by atoms with E-state index < -0.39 is 0 Å². The first-order valence-electron chi connectivity index (χ1n) is 8.71. The number of halogens is 1. The lowest BCUT2D eigenvalue weighted by molar-refractivity contribution is 0.420. The minimum atomic E-state index is -0.115.